The third-order valence-corrected chi connectivity index (χ3v) is 3.33. The number of benzene rings is 1. The number of hydrogen-bond donors (Lipinski definition) is 0. The molecule has 0 bridgehead atoms. The molecule has 82 valence electrons. The van der Waals surface area contributed by atoms with Crippen molar-refractivity contribution in [1.82, 2.24) is 0 Å². The number of hydrogen-bond acceptors (Lipinski definition) is 1. The van der Waals surface area contributed by atoms with E-state index in [0.29, 0.717) is 18.6 Å². The first kappa shape index (κ1) is 10.4. The molecule has 0 aromatic heterocycles. The summed E-state index contributed by atoms with van der Waals surface area (Å²) < 4.78 is 31.0. The van der Waals surface area contributed by atoms with Crippen molar-refractivity contribution >= 4 is 0 Å². The van der Waals surface area contributed by atoms with Gasteiger partial charge in [-0.2, -0.15) is 0 Å². The van der Waals surface area contributed by atoms with Gasteiger partial charge in [0.2, 0.25) is 6.43 Å². The van der Waals surface area contributed by atoms with E-state index in [9.17, 15) is 8.78 Å². The Bertz CT molecular complexity index is 328. The third kappa shape index (κ3) is 1.60. The Kier molecular flexibility index (Phi) is 2.63. The Morgan fingerprint density at radius 3 is 2.13 bits per heavy atom. The van der Waals surface area contributed by atoms with Crippen molar-refractivity contribution in [2.75, 3.05) is 7.11 Å². The summed E-state index contributed by atoms with van der Waals surface area (Å²) in [6, 6.07) is 7.00. The smallest absolute Gasteiger partial charge is 0.248 e. The van der Waals surface area contributed by atoms with Crippen LogP contribution in [0.1, 0.15) is 24.8 Å². The van der Waals surface area contributed by atoms with E-state index < -0.39 is 11.8 Å². The Hall–Kier alpha value is -1.12. The van der Waals surface area contributed by atoms with Crippen LogP contribution in [0.15, 0.2) is 24.3 Å². The molecule has 1 nitrogen and oxygen atoms in total. The second-order valence-electron chi connectivity index (χ2n) is 4.04. The van der Waals surface area contributed by atoms with Gasteiger partial charge in [-0.25, -0.2) is 8.78 Å². The van der Waals surface area contributed by atoms with E-state index >= 15 is 0 Å². The van der Waals surface area contributed by atoms with E-state index in [-0.39, 0.29) is 0 Å². The van der Waals surface area contributed by atoms with Crippen LogP contribution in [-0.4, -0.2) is 13.5 Å². The van der Waals surface area contributed by atoms with Gasteiger partial charge in [0.05, 0.1) is 12.5 Å². The van der Waals surface area contributed by atoms with Crippen molar-refractivity contribution in [2.45, 2.75) is 31.1 Å². The molecular weight excluding hydrogens is 198 g/mol. The minimum atomic E-state index is -2.26. The zero-order valence-electron chi connectivity index (χ0n) is 8.67. The molecule has 0 spiro atoms. The van der Waals surface area contributed by atoms with Gasteiger partial charge in [-0.3, -0.25) is 0 Å². The summed E-state index contributed by atoms with van der Waals surface area (Å²) in [5, 5.41) is 0. The number of ether oxygens (including phenoxy) is 1. The van der Waals surface area contributed by atoms with E-state index in [4.69, 9.17) is 4.74 Å². The molecule has 1 aromatic rings. The molecule has 3 heteroatoms. The van der Waals surface area contributed by atoms with Gasteiger partial charge in [0.15, 0.2) is 0 Å². The van der Waals surface area contributed by atoms with Gasteiger partial charge in [0, 0.05) is 0 Å². The van der Waals surface area contributed by atoms with Crippen LogP contribution in [0.4, 0.5) is 8.78 Å². The first-order chi connectivity index (χ1) is 7.19. The van der Waals surface area contributed by atoms with E-state index in [1.54, 1.807) is 31.4 Å². The van der Waals surface area contributed by atoms with E-state index in [1.165, 1.54) is 0 Å². The molecule has 1 aliphatic carbocycles. The maximum absolute atomic E-state index is 13.0. The Morgan fingerprint density at radius 2 is 1.80 bits per heavy atom. The van der Waals surface area contributed by atoms with Crippen molar-refractivity contribution in [1.29, 1.82) is 0 Å². The van der Waals surface area contributed by atoms with Gasteiger partial charge < -0.3 is 4.74 Å². The summed E-state index contributed by atoms with van der Waals surface area (Å²) in [4.78, 5) is 0. The lowest BCUT2D eigenvalue weighted by Crippen LogP contribution is -2.41. The van der Waals surface area contributed by atoms with Crippen LogP contribution in [0, 0.1) is 0 Å². The predicted molar refractivity (Wildman–Crippen MR) is 54.5 cm³/mol. The standard InChI is InChI=1S/C12H14F2O/c1-15-10-5-3-9(4-6-10)12(11(13)14)7-2-8-12/h3-6,11H,2,7-8H2,1H3. The van der Waals surface area contributed by atoms with Gasteiger partial charge in [-0.1, -0.05) is 18.6 Å². The lowest BCUT2D eigenvalue weighted by molar-refractivity contribution is 0.000812. The topological polar surface area (TPSA) is 9.23 Å². The van der Waals surface area contributed by atoms with Gasteiger partial charge in [0.25, 0.3) is 0 Å². The van der Waals surface area contributed by atoms with Crippen molar-refractivity contribution in [3.8, 4) is 5.75 Å². The molecule has 0 radical (unpaired) electrons. The molecule has 0 N–H and O–H groups in total. The molecule has 1 aromatic carbocycles. The summed E-state index contributed by atoms with van der Waals surface area (Å²) in [6.07, 6.45) is -0.177. The first-order valence-corrected chi connectivity index (χ1v) is 5.12. The number of alkyl halides is 2. The van der Waals surface area contributed by atoms with Crippen LogP contribution in [0.5, 0.6) is 5.75 Å². The average Bonchev–Trinajstić information content (AvgIpc) is 2.16. The van der Waals surface area contributed by atoms with Crippen LogP contribution < -0.4 is 4.74 Å². The SMILES string of the molecule is COc1ccc(C2(C(F)F)CCC2)cc1. The fraction of sp³-hybridized carbons (Fsp3) is 0.500. The minimum Gasteiger partial charge on any atom is -0.497 e. The van der Waals surface area contributed by atoms with Crippen molar-refractivity contribution in [3.63, 3.8) is 0 Å². The lowest BCUT2D eigenvalue weighted by Gasteiger charge is -2.41. The zero-order valence-corrected chi connectivity index (χ0v) is 8.67. The van der Waals surface area contributed by atoms with Gasteiger partial charge in [-0.05, 0) is 30.5 Å². The van der Waals surface area contributed by atoms with E-state index in [1.807, 2.05) is 0 Å². The van der Waals surface area contributed by atoms with Gasteiger partial charge in [0.1, 0.15) is 5.75 Å². The minimum absolute atomic E-state index is 0.594. The van der Waals surface area contributed by atoms with Crippen LogP contribution >= 0.6 is 0 Å². The fourth-order valence-corrected chi connectivity index (χ4v) is 2.11. The summed E-state index contributed by atoms with van der Waals surface area (Å²) in [5.41, 5.74) is -0.142. The van der Waals surface area contributed by atoms with Crippen molar-refractivity contribution in [2.24, 2.45) is 0 Å². The molecule has 15 heavy (non-hydrogen) atoms. The van der Waals surface area contributed by atoms with Crippen LogP contribution in [0.3, 0.4) is 0 Å². The monoisotopic (exact) mass is 212 g/mol. The Labute approximate surface area is 88.1 Å². The third-order valence-electron chi connectivity index (χ3n) is 3.33. The molecule has 1 saturated carbocycles. The Balaban J connectivity index is 2.27. The number of methoxy groups -OCH3 is 1. The molecular formula is C12H14F2O. The zero-order chi connectivity index (χ0) is 10.9. The molecule has 1 fully saturated rings. The number of rotatable bonds is 3. The van der Waals surface area contributed by atoms with Crippen LogP contribution in [-0.2, 0) is 5.41 Å². The van der Waals surface area contributed by atoms with Crippen LogP contribution in [0.2, 0.25) is 0 Å². The summed E-state index contributed by atoms with van der Waals surface area (Å²) in [7, 11) is 1.57. The summed E-state index contributed by atoms with van der Waals surface area (Å²) in [5.74, 6) is 0.711. The van der Waals surface area contributed by atoms with Crippen LogP contribution in [0.25, 0.3) is 0 Å². The summed E-state index contributed by atoms with van der Waals surface area (Å²) in [6.45, 7) is 0. The highest BCUT2D eigenvalue weighted by molar-refractivity contribution is 5.34. The maximum Gasteiger partial charge on any atom is 0.248 e. The second-order valence-corrected chi connectivity index (χ2v) is 4.04. The maximum atomic E-state index is 13.0. The average molecular weight is 212 g/mol. The fourth-order valence-electron chi connectivity index (χ4n) is 2.11. The highest BCUT2D eigenvalue weighted by atomic mass is 19.3. The molecule has 0 heterocycles. The largest absolute Gasteiger partial charge is 0.497 e. The molecule has 0 saturated heterocycles. The molecule has 0 unspecified atom stereocenters. The highest BCUT2D eigenvalue weighted by Gasteiger charge is 2.46. The Morgan fingerprint density at radius 1 is 1.20 bits per heavy atom. The molecule has 0 amide bonds. The quantitative estimate of drug-likeness (QED) is 0.746. The van der Waals surface area contributed by atoms with Crippen molar-refractivity contribution in [3.05, 3.63) is 29.8 Å². The normalized spacial score (nSPS) is 18.7. The predicted octanol–water partition coefficient (Wildman–Crippen LogP) is 3.38. The molecule has 1 aliphatic rings. The van der Waals surface area contributed by atoms with Gasteiger partial charge in [-0.15, -0.1) is 0 Å². The highest BCUT2D eigenvalue weighted by Crippen LogP contribution is 2.48. The van der Waals surface area contributed by atoms with E-state index in [0.717, 1.165) is 12.0 Å². The molecule has 2 rings (SSSR count). The number of halogens is 2. The van der Waals surface area contributed by atoms with Crippen molar-refractivity contribution < 1.29 is 13.5 Å². The lowest BCUT2D eigenvalue weighted by atomic mass is 9.65. The molecule has 0 atom stereocenters. The second kappa shape index (κ2) is 3.80. The first-order valence-electron chi connectivity index (χ1n) is 5.12. The van der Waals surface area contributed by atoms with E-state index in [2.05, 4.69) is 0 Å². The summed E-state index contributed by atoms with van der Waals surface area (Å²) >= 11 is 0. The molecule has 0 aliphatic heterocycles. The van der Waals surface area contributed by atoms with Gasteiger partial charge >= 0.3 is 0 Å².